The van der Waals surface area contributed by atoms with Gasteiger partial charge in [-0.15, -0.1) is 0 Å². The Bertz CT molecular complexity index is 479. The Labute approximate surface area is 111 Å². The number of aldehydes is 1. The van der Waals surface area contributed by atoms with E-state index >= 15 is 0 Å². The lowest BCUT2D eigenvalue weighted by molar-refractivity contribution is -0.136. The van der Waals surface area contributed by atoms with Crippen molar-refractivity contribution in [1.29, 1.82) is 0 Å². The second kappa shape index (κ2) is 7.31. The zero-order chi connectivity index (χ0) is 14.3. The molecule has 1 rings (SSSR count). The van der Waals surface area contributed by atoms with E-state index in [1.165, 1.54) is 6.07 Å². The predicted molar refractivity (Wildman–Crippen MR) is 68.1 cm³/mol. The topological polar surface area (TPSA) is 80.7 Å². The van der Waals surface area contributed by atoms with Crippen LogP contribution in [0, 0.1) is 0 Å². The average Bonchev–Trinajstić information content (AvgIpc) is 2.36. The van der Waals surface area contributed by atoms with Crippen molar-refractivity contribution in [3.8, 4) is 0 Å². The summed E-state index contributed by atoms with van der Waals surface area (Å²) in [7, 11) is 0. The molecule has 0 atom stereocenters. The molecule has 5 nitrogen and oxygen atoms in total. The third kappa shape index (κ3) is 4.54. The van der Waals surface area contributed by atoms with Gasteiger partial charge in [0.05, 0.1) is 18.6 Å². The fourth-order valence-electron chi connectivity index (χ4n) is 1.75. The third-order valence-electron chi connectivity index (χ3n) is 2.59. The first-order valence-corrected chi connectivity index (χ1v) is 6.02. The first kappa shape index (κ1) is 14.9. The number of esters is 1. The molecule has 0 unspecified atom stereocenters. The van der Waals surface area contributed by atoms with Gasteiger partial charge in [0.15, 0.2) is 0 Å². The van der Waals surface area contributed by atoms with Gasteiger partial charge in [-0.2, -0.15) is 0 Å². The van der Waals surface area contributed by atoms with E-state index in [4.69, 9.17) is 9.84 Å². The van der Waals surface area contributed by atoms with Crippen LogP contribution >= 0.6 is 0 Å². The molecule has 0 aromatic heterocycles. The van der Waals surface area contributed by atoms with Gasteiger partial charge in [-0.3, -0.25) is 4.79 Å². The minimum Gasteiger partial charge on any atom is -0.481 e. The molecule has 0 saturated carbocycles. The summed E-state index contributed by atoms with van der Waals surface area (Å²) in [4.78, 5) is 32.8. The molecule has 1 aromatic rings. The van der Waals surface area contributed by atoms with E-state index in [9.17, 15) is 14.4 Å². The lowest BCUT2D eigenvalue weighted by atomic mass is 9.98. The fourth-order valence-corrected chi connectivity index (χ4v) is 1.75. The fraction of sp³-hybridized carbons (Fsp3) is 0.357. The van der Waals surface area contributed by atoms with Crippen molar-refractivity contribution in [2.45, 2.75) is 26.2 Å². The Morgan fingerprint density at radius 2 is 2.05 bits per heavy atom. The SMILES string of the molecule is CCOC(=O)c1ccc(CCC=O)c(CC(=O)O)c1. The number of carbonyl (C=O) groups is 3. The molecule has 1 aromatic carbocycles. The summed E-state index contributed by atoms with van der Waals surface area (Å²) in [6, 6.07) is 4.78. The van der Waals surface area contributed by atoms with Crippen molar-refractivity contribution in [2.24, 2.45) is 0 Å². The zero-order valence-electron chi connectivity index (χ0n) is 10.7. The maximum Gasteiger partial charge on any atom is 0.338 e. The van der Waals surface area contributed by atoms with Crippen molar-refractivity contribution in [2.75, 3.05) is 6.61 Å². The maximum absolute atomic E-state index is 11.6. The Morgan fingerprint density at radius 1 is 1.32 bits per heavy atom. The lowest BCUT2D eigenvalue weighted by Gasteiger charge is -2.09. The van der Waals surface area contributed by atoms with Crippen LogP contribution in [0.15, 0.2) is 18.2 Å². The molecule has 0 radical (unpaired) electrons. The largest absolute Gasteiger partial charge is 0.481 e. The quantitative estimate of drug-likeness (QED) is 0.598. The van der Waals surface area contributed by atoms with Gasteiger partial charge in [-0.25, -0.2) is 4.79 Å². The highest BCUT2D eigenvalue weighted by Crippen LogP contribution is 2.16. The normalized spacial score (nSPS) is 9.95. The summed E-state index contributed by atoms with van der Waals surface area (Å²) in [5.41, 5.74) is 1.63. The van der Waals surface area contributed by atoms with Crippen LogP contribution in [0.2, 0.25) is 0 Å². The molecule has 0 aliphatic rings. The van der Waals surface area contributed by atoms with E-state index in [2.05, 4.69) is 0 Å². The molecule has 0 aliphatic heterocycles. The van der Waals surface area contributed by atoms with Gasteiger partial charge in [0.25, 0.3) is 0 Å². The monoisotopic (exact) mass is 264 g/mol. The van der Waals surface area contributed by atoms with Crippen molar-refractivity contribution < 1.29 is 24.2 Å². The number of ether oxygens (including phenoxy) is 1. The number of rotatable bonds is 7. The number of carboxylic acid groups (broad SMARTS) is 1. The van der Waals surface area contributed by atoms with Crippen molar-refractivity contribution in [3.63, 3.8) is 0 Å². The van der Waals surface area contributed by atoms with Crippen LogP contribution in [0.25, 0.3) is 0 Å². The second-order valence-electron chi connectivity index (χ2n) is 3.98. The van der Waals surface area contributed by atoms with Gasteiger partial charge < -0.3 is 14.6 Å². The molecule has 1 N–H and O–H groups in total. The first-order valence-electron chi connectivity index (χ1n) is 6.02. The third-order valence-corrected chi connectivity index (χ3v) is 2.59. The van der Waals surface area contributed by atoms with E-state index in [0.29, 0.717) is 24.0 Å². The van der Waals surface area contributed by atoms with Crippen LogP contribution in [-0.2, 0) is 27.2 Å². The number of aryl methyl sites for hydroxylation is 1. The number of benzene rings is 1. The van der Waals surface area contributed by atoms with Crippen LogP contribution in [0.3, 0.4) is 0 Å². The minimum atomic E-state index is -0.978. The summed E-state index contributed by atoms with van der Waals surface area (Å²) in [5.74, 6) is -1.45. The Balaban J connectivity index is 3.03. The summed E-state index contributed by atoms with van der Waals surface area (Å²) in [5, 5.41) is 8.86. The van der Waals surface area contributed by atoms with Crippen LogP contribution in [0.1, 0.15) is 34.8 Å². The summed E-state index contributed by atoms with van der Waals surface area (Å²) in [6.45, 7) is 1.97. The van der Waals surface area contributed by atoms with E-state index in [0.717, 1.165) is 11.8 Å². The van der Waals surface area contributed by atoms with E-state index in [1.807, 2.05) is 0 Å². The molecule has 0 spiro atoms. The van der Waals surface area contributed by atoms with Crippen molar-refractivity contribution in [3.05, 3.63) is 34.9 Å². The van der Waals surface area contributed by atoms with Crippen LogP contribution < -0.4 is 0 Å². The van der Waals surface area contributed by atoms with Crippen molar-refractivity contribution in [1.82, 2.24) is 0 Å². The number of carboxylic acids is 1. The lowest BCUT2D eigenvalue weighted by Crippen LogP contribution is -2.09. The molecule has 0 fully saturated rings. The number of aliphatic carboxylic acids is 1. The number of hydrogen-bond acceptors (Lipinski definition) is 4. The summed E-state index contributed by atoms with van der Waals surface area (Å²) in [6.07, 6.45) is 1.39. The van der Waals surface area contributed by atoms with Crippen LogP contribution in [-0.4, -0.2) is 29.9 Å². The van der Waals surface area contributed by atoms with Gasteiger partial charge in [-0.05, 0) is 36.6 Å². The van der Waals surface area contributed by atoms with Crippen molar-refractivity contribution >= 4 is 18.2 Å². The Hall–Kier alpha value is -2.17. The van der Waals surface area contributed by atoms with Gasteiger partial charge in [0.2, 0.25) is 0 Å². The molecule has 0 saturated heterocycles. The van der Waals surface area contributed by atoms with E-state index in [1.54, 1.807) is 19.1 Å². The number of carbonyl (C=O) groups excluding carboxylic acids is 2. The van der Waals surface area contributed by atoms with E-state index < -0.39 is 11.9 Å². The van der Waals surface area contributed by atoms with E-state index in [-0.39, 0.29) is 13.0 Å². The Morgan fingerprint density at radius 3 is 2.63 bits per heavy atom. The van der Waals surface area contributed by atoms with Crippen LogP contribution in [0.4, 0.5) is 0 Å². The molecule has 0 amide bonds. The highest BCUT2D eigenvalue weighted by Gasteiger charge is 2.12. The molecule has 19 heavy (non-hydrogen) atoms. The predicted octanol–water partition coefficient (Wildman–Crippen LogP) is 1.62. The molecule has 0 heterocycles. The average molecular weight is 264 g/mol. The van der Waals surface area contributed by atoms with Crippen LogP contribution in [0.5, 0.6) is 0 Å². The number of hydrogen-bond donors (Lipinski definition) is 1. The van der Waals surface area contributed by atoms with Gasteiger partial charge in [0, 0.05) is 6.42 Å². The summed E-state index contributed by atoms with van der Waals surface area (Å²) >= 11 is 0. The molecular formula is C14H16O5. The molecule has 102 valence electrons. The Kier molecular flexibility index (Phi) is 5.73. The summed E-state index contributed by atoms with van der Waals surface area (Å²) < 4.78 is 4.87. The first-order chi connectivity index (χ1) is 9.08. The van der Waals surface area contributed by atoms with Gasteiger partial charge in [0.1, 0.15) is 6.29 Å². The zero-order valence-corrected chi connectivity index (χ0v) is 10.7. The highest BCUT2D eigenvalue weighted by molar-refractivity contribution is 5.90. The standard InChI is InChI=1S/C14H16O5/c1-2-19-14(18)11-6-5-10(4-3-7-15)12(8-11)9-13(16)17/h5-8H,2-4,9H2,1H3,(H,16,17). The molecule has 0 aliphatic carbocycles. The highest BCUT2D eigenvalue weighted by atomic mass is 16.5. The molecule has 5 heteroatoms. The molecule has 0 bridgehead atoms. The minimum absolute atomic E-state index is 0.179. The molecular weight excluding hydrogens is 248 g/mol. The second-order valence-corrected chi connectivity index (χ2v) is 3.98. The van der Waals surface area contributed by atoms with Gasteiger partial charge >= 0.3 is 11.9 Å². The maximum atomic E-state index is 11.6. The van der Waals surface area contributed by atoms with Gasteiger partial charge in [-0.1, -0.05) is 6.07 Å². The smallest absolute Gasteiger partial charge is 0.338 e.